The van der Waals surface area contributed by atoms with E-state index in [0.29, 0.717) is 38.8 Å². The summed E-state index contributed by atoms with van der Waals surface area (Å²) in [6.45, 7) is 3.91. The molecule has 1 atom stereocenters. The Bertz CT molecular complexity index is 2070. The third-order valence-corrected chi connectivity index (χ3v) is 10.4. The number of nitrogens with one attached hydrogen (secondary N) is 3. The zero-order valence-electron chi connectivity index (χ0n) is 26.4. The van der Waals surface area contributed by atoms with E-state index in [4.69, 9.17) is 23.2 Å². The molecule has 11 heteroatoms. The van der Waals surface area contributed by atoms with Crippen LogP contribution < -0.4 is 16.0 Å². The summed E-state index contributed by atoms with van der Waals surface area (Å²) in [5.41, 5.74) is 4.46. The van der Waals surface area contributed by atoms with Crippen LogP contribution in [-0.4, -0.2) is 23.0 Å². The van der Waals surface area contributed by atoms with Crippen LogP contribution in [0.4, 0.5) is 10.7 Å². The van der Waals surface area contributed by atoms with E-state index in [9.17, 15) is 19.6 Å². The van der Waals surface area contributed by atoms with Gasteiger partial charge in [-0.15, -0.1) is 23.1 Å². The minimum atomic E-state index is -0.585. The van der Waals surface area contributed by atoms with Gasteiger partial charge in [0.2, 0.25) is 5.91 Å². The molecule has 0 saturated heterocycles. The van der Waals surface area contributed by atoms with E-state index in [-0.39, 0.29) is 16.6 Å². The first kappa shape index (κ1) is 35.5. The van der Waals surface area contributed by atoms with Crippen molar-refractivity contribution in [3.63, 3.8) is 0 Å². The molecule has 4 aromatic carbocycles. The van der Waals surface area contributed by atoms with Crippen molar-refractivity contribution in [2.45, 2.75) is 30.4 Å². The van der Waals surface area contributed by atoms with Crippen molar-refractivity contribution in [3.8, 4) is 17.2 Å². The number of hydrogen-bond donors (Lipinski definition) is 3. The molecule has 49 heavy (non-hydrogen) atoms. The lowest BCUT2D eigenvalue weighted by molar-refractivity contribution is -0.116. The highest BCUT2D eigenvalue weighted by Gasteiger charge is 2.22. The first-order chi connectivity index (χ1) is 23.7. The Hall–Kier alpha value is -4.85. The van der Waals surface area contributed by atoms with Crippen LogP contribution in [0.15, 0.2) is 113 Å². The van der Waals surface area contributed by atoms with Gasteiger partial charge in [0.05, 0.1) is 20.9 Å². The molecule has 0 radical (unpaired) electrons. The summed E-state index contributed by atoms with van der Waals surface area (Å²) in [6.07, 6.45) is 1.98. The fourth-order valence-corrected chi connectivity index (χ4v) is 7.06. The van der Waals surface area contributed by atoms with Crippen molar-refractivity contribution in [2.75, 3.05) is 10.6 Å². The predicted octanol–water partition coefficient (Wildman–Crippen LogP) is 9.82. The van der Waals surface area contributed by atoms with Crippen molar-refractivity contribution in [1.82, 2.24) is 5.32 Å². The van der Waals surface area contributed by atoms with E-state index in [2.05, 4.69) is 22.0 Å². The van der Waals surface area contributed by atoms with Gasteiger partial charge in [-0.25, -0.2) is 0 Å². The third-order valence-electron chi connectivity index (χ3n) is 7.35. The summed E-state index contributed by atoms with van der Waals surface area (Å²) >= 11 is 15.3. The van der Waals surface area contributed by atoms with E-state index >= 15 is 0 Å². The molecule has 3 N–H and O–H groups in total. The lowest BCUT2D eigenvalue weighted by Crippen LogP contribution is -2.30. The number of thioether (sulfide) groups is 1. The molecular weight excluding hydrogens is 695 g/mol. The van der Waals surface area contributed by atoms with Crippen LogP contribution in [0.5, 0.6) is 0 Å². The van der Waals surface area contributed by atoms with Gasteiger partial charge in [0.1, 0.15) is 16.8 Å². The summed E-state index contributed by atoms with van der Waals surface area (Å²) in [4.78, 5) is 40.8. The minimum Gasteiger partial charge on any atom is -0.321 e. The van der Waals surface area contributed by atoms with Crippen LogP contribution in [0.2, 0.25) is 10.0 Å². The predicted molar refractivity (Wildman–Crippen MR) is 201 cm³/mol. The number of benzene rings is 4. The van der Waals surface area contributed by atoms with Crippen LogP contribution in [0.25, 0.3) is 17.2 Å². The van der Waals surface area contributed by atoms with Gasteiger partial charge >= 0.3 is 0 Å². The molecule has 0 spiro atoms. The highest BCUT2D eigenvalue weighted by atomic mass is 35.5. The van der Waals surface area contributed by atoms with E-state index < -0.39 is 17.1 Å². The molecule has 7 nitrogen and oxygen atoms in total. The molecule has 5 rings (SSSR count). The van der Waals surface area contributed by atoms with Crippen molar-refractivity contribution < 1.29 is 14.4 Å². The van der Waals surface area contributed by atoms with Gasteiger partial charge in [0.25, 0.3) is 11.8 Å². The number of halogens is 2. The molecule has 1 aromatic heterocycles. The average Bonchev–Trinajstić information content (AvgIpc) is 3.51. The number of amides is 3. The molecule has 0 saturated carbocycles. The number of nitriles is 1. The molecule has 3 amide bonds. The second-order valence-corrected chi connectivity index (χ2v) is 13.8. The SMILES string of the molecule is CCC(Sc1cccc(NC(=O)/C(=C\c2cccc(Cl)c2Cl)NC(=O)c2ccccc2)c1)C(=O)Nc1scc(-c2ccc(C)cc2)c1C#N. The zero-order chi connectivity index (χ0) is 34.9. The van der Waals surface area contributed by atoms with E-state index in [1.54, 1.807) is 66.7 Å². The van der Waals surface area contributed by atoms with Gasteiger partial charge in [-0.2, -0.15) is 5.26 Å². The van der Waals surface area contributed by atoms with Gasteiger partial charge in [-0.05, 0) is 66.9 Å². The molecule has 5 aromatic rings. The molecular formula is C38H30Cl2N4O3S2. The van der Waals surface area contributed by atoms with Crippen molar-refractivity contribution in [2.24, 2.45) is 0 Å². The normalized spacial score (nSPS) is 11.7. The largest absolute Gasteiger partial charge is 0.321 e. The number of nitrogens with zero attached hydrogens (tertiary/aromatic N) is 1. The van der Waals surface area contributed by atoms with Crippen molar-refractivity contribution >= 4 is 80.8 Å². The third kappa shape index (κ3) is 8.99. The van der Waals surface area contributed by atoms with Crippen LogP contribution in [0, 0.1) is 18.3 Å². The maximum atomic E-state index is 13.6. The van der Waals surface area contributed by atoms with Gasteiger partial charge in [0, 0.05) is 27.1 Å². The quantitative estimate of drug-likeness (QED) is 0.0928. The number of carbonyl (C=O) groups is 3. The molecule has 0 aliphatic carbocycles. The second-order valence-electron chi connectivity index (χ2n) is 10.8. The molecule has 1 heterocycles. The van der Waals surface area contributed by atoms with Crippen molar-refractivity contribution in [1.29, 1.82) is 5.26 Å². The molecule has 0 aliphatic rings. The number of hydrogen-bond acceptors (Lipinski definition) is 6. The van der Waals surface area contributed by atoms with Gasteiger partial charge in [-0.1, -0.05) is 96.4 Å². The highest BCUT2D eigenvalue weighted by Crippen LogP contribution is 2.36. The Morgan fingerprint density at radius 1 is 0.939 bits per heavy atom. The fourth-order valence-electron chi connectivity index (χ4n) is 4.76. The maximum absolute atomic E-state index is 13.6. The van der Waals surface area contributed by atoms with Crippen LogP contribution in [0.1, 0.15) is 40.4 Å². The number of aryl methyl sites for hydroxylation is 1. The summed E-state index contributed by atoms with van der Waals surface area (Å²) in [6, 6.07) is 30.7. The first-order valence-electron chi connectivity index (χ1n) is 15.2. The monoisotopic (exact) mass is 724 g/mol. The summed E-state index contributed by atoms with van der Waals surface area (Å²) in [5.74, 6) is -1.29. The second kappa shape index (κ2) is 16.5. The van der Waals surface area contributed by atoms with E-state index in [1.165, 1.54) is 29.2 Å². The number of rotatable bonds is 11. The van der Waals surface area contributed by atoms with Gasteiger partial charge < -0.3 is 16.0 Å². The Labute approximate surface area is 303 Å². The van der Waals surface area contributed by atoms with Gasteiger partial charge in [-0.3, -0.25) is 14.4 Å². The lowest BCUT2D eigenvalue weighted by atomic mass is 10.0. The molecule has 1 unspecified atom stereocenters. The minimum absolute atomic E-state index is 0.0452. The Balaban J connectivity index is 1.32. The maximum Gasteiger partial charge on any atom is 0.272 e. The van der Waals surface area contributed by atoms with Crippen LogP contribution in [0.3, 0.4) is 0 Å². The molecule has 0 bridgehead atoms. The van der Waals surface area contributed by atoms with E-state index in [1.807, 2.05) is 49.6 Å². The topological polar surface area (TPSA) is 111 Å². The number of thiophene rings is 1. The Kier molecular flexibility index (Phi) is 11.9. The van der Waals surface area contributed by atoms with E-state index in [0.717, 1.165) is 21.6 Å². The number of anilines is 2. The zero-order valence-corrected chi connectivity index (χ0v) is 29.6. The number of carbonyl (C=O) groups excluding carboxylic acids is 3. The Morgan fingerprint density at radius 2 is 1.67 bits per heavy atom. The molecule has 0 fully saturated rings. The summed E-state index contributed by atoms with van der Waals surface area (Å²) in [5, 5.41) is 20.9. The lowest BCUT2D eigenvalue weighted by Gasteiger charge is -2.16. The smallest absolute Gasteiger partial charge is 0.272 e. The molecule has 246 valence electrons. The average molecular weight is 726 g/mol. The highest BCUT2D eigenvalue weighted by molar-refractivity contribution is 8.00. The summed E-state index contributed by atoms with van der Waals surface area (Å²) < 4.78 is 0. The van der Waals surface area contributed by atoms with Crippen LogP contribution in [-0.2, 0) is 9.59 Å². The summed E-state index contributed by atoms with van der Waals surface area (Å²) in [7, 11) is 0. The fraction of sp³-hybridized carbons (Fsp3) is 0.105. The standard InChI is InChI=1S/C38H30Cl2N4O3S2/c1-3-33(37(47)44-38-29(21-41)30(22-48-38)24-17-15-23(2)16-18-24)49-28-13-8-12-27(20-28)42-36(46)32(19-26-11-7-14-31(39)34(26)40)43-35(45)25-9-5-4-6-10-25/h4-20,22,33H,3H2,1-2H3,(H,42,46)(H,43,45)(H,44,47)/b32-19+. The van der Waals surface area contributed by atoms with Crippen molar-refractivity contribution in [3.05, 3.63) is 140 Å². The van der Waals surface area contributed by atoms with Gasteiger partial charge in [0.15, 0.2) is 0 Å². The van der Waals surface area contributed by atoms with Crippen LogP contribution >= 0.6 is 46.3 Å². The molecule has 0 aliphatic heterocycles. The first-order valence-corrected chi connectivity index (χ1v) is 17.7. The Morgan fingerprint density at radius 3 is 2.39 bits per heavy atom.